The highest BCUT2D eigenvalue weighted by Crippen LogP contribution is 2.30. The van der Waals surface area contributed by atoms with Crippen LogP contribution in [0.25, 0.3) is 11.0 Å². The summed E-state index contributed by atoms with van der Waals surface area (Å²) in [5, 5.41) is 0.604. The lowest BCUT2D eigenvalue weighted by Crippen LogP contribution is -2.16. The Morgan fingerprint density at radius 2 is 1.62 bits per heavy atom. The van der Waals surface area contributed by atoms with Gasteiger partial charge in [-0.25, -0.2) is 8.42 Å². The van der Waals surface area contributed by atoms with E-state index in [4.69, 9.17) is 4.42 Å². The first-order valence-corrected chi connectivity index (χ1v) is 9.73. The van der Waals surface area contributed by atoms with Crippen molar-refractivity contribution in [3.63, 3.8) is 0 Å². The highest BCUT2D eigenvalue weighted by molar-refractivity contribution is 7.92. The summed E-state index contributed by atoms with van der Waals surface area (Å²) in [6, 6.07) is 8.63. The van der Waals surface area contributed by atoms with Gasteiger partial charge in [-0.3, -0.25) is 9.52 Å². The number of anilines is 1. The second kappa shape index (κ2) is 6.29. The van der Waals surface area contributed by atoms with Gasteiger partial charge >= 0.3 is 0 Å². The molecule has 0 saturated carbocycles. The van der Waals surface area contributed by atoms with E-state index in [9.17, 15) is 13.2 Å². The van der Waals surface area contributed by atoms with Crippen LogP contribution in [0, 0.1) is 27.7 Å². The van der Waals surface area contributed by atoms with Gasteiger partial charge in [0, 0.05) is 11.1 Å². The number of carbonyl (C=O) groups excluding carboxylic acids is 1. The number of hydrogen-bond acceptors (Lipinski definition) is 4. The minimum atomic E-state index is -3.75. The van der Waals surface area contributed by atoms with Crippen molar-refractivity contribution >= 4 is 32.5 Å². The molecule has 0 atom stereocenters. The zero-order chi connectivity index (χ0) is 19.2. The first-order chi connectivity index (χ1) is 12.1. The summed E-state index contributed by atoms with van der Waals surface area (Å²) in [6.07, 6.45) is 0. The molecule has 1 aromatic heterocycles. The summed E-state index contributed by atoms with van der Waals surface area (Å²) in [5.41, 5.74) is 3.82. The average Bonchev–Trinajstić information content (AvgIpc) is 2.80. The third-order valence-corrected chi connectivity index (χ3v) is 6.03. The molecule has 0 saturated heterocycles. The zero-order valence-electron chi connectivity index (χ0n) is 15.4. The summed E-state index contributed by atoms with van der Waals surface area (Å²) in [4.78, 5) is 12.2. The van der Waals surface area contributed by atoms with Crippen molar-refractivity contribution < 1.29 is 17.6 Å². The Morgan fingerprint density at radius 3 is 2.19 bits per heavy atom. The van der Waals surface area contributed by atoms with E-state index in [1.54, 1.807) is 39.0 Å². The Morgan fingerprint density at radius 1 is 1.00 bits per heavy atom. The fourth-order valence-electron chi connectivity index (χ4n) is 3.52. The van der Waals surface area contributed by atoms with Gasteiger partial charge in [-0.1, -0.05) is 17.7 Å². The van der Waals surface area contributed by atoms with E-state index in [-0.39, 0.29) is 10.7 Å². The number of ketones is 1. The quantitative estimate of drug-likeness (QED) is 0.676. The first kappa shape index (κ1) is 18.2. The van der Waals surface area contributed by atoms with Crippen molar-refractivity contribution in [1.29, 1.82) is 0 Å². The molecule has 0 aliphatic heterocycles. The fourth-order valence-corrected chi connectivity index (χ4v) is 5.02. The zero-order valence-corrected chi connectivity index (χ0v) is 16.2. The molecule has 3 aromatic rings. The van der Waals surface area contributed by atoms with Gasteiger partial charge < -0.3 is 4.42 Å². The minimum absolute atomic E-state index is 0.119. The first-order valence-electron chi connectivity index (χ1n) is 8.25. The Kier molecular flexibility index (Phi) is 4.40. The normalized spacial score (nSPS) is 11.7. The van der Waals surface area contributed by atoms with E-state index in [0.717, 1.165) is 5.56 Å². The third-order valence-electron chi connectivity index (χ3n) is 4.34. The highest BCUT2D eigenvalue weighted by atomic mass is 32.2. The lowest BCUT2D eigenvalue weighted by atomic mass is 10.1. The molecule has 0 aliphatic rings. The molecule has 0 unspecified atom stereocenters. The Bertz CT molecular complexity index is 1120. The number of furan rings is 1. The number of rotatable bonds is 4. The van der Waals surface area contributed by atoms with Gasteiger partial charge in [-0.2, -0.15) is 0 Å². The maximum absolute atomic E-state index is 12.9. The van der Waals surface area contributed by atoms with Gasteiger partial charge in [0.1, 0.15) is 11.3 Å². The van der Waals surface area contributed by atoms with Crippen molar-refractivity contribution in [2.24, 2.45) is 0 Å². The number of benzene rings is 2. The van der Waals surface area contributed by atoms with Crippen molar-refractivity contribution in [2.75, 3.05) is 4.72 Å². The van der Waals surface area contributed by atoms with Crippen molar-refractivity contribution in [2.45, 2.75) is 39.5 Å². The summed E-state index contributed by atoms with van der Waals surface area (Å²) >= 11 is 0. The number of aryl methyl sites for hydroxylation is 4. The van der Waals surface area contributed by atoms with Gasteiger partial charge in [-0.05, 0) is 63.9 Å². The van der Waals surface area contributed by atoms with E-state index < -0.39 is 10.0 Å². The van der Waals surface area contributed by atoms with Gasteiger partial charge in [0.05, 0.1) is 10.5 Å². The Labute approximate surface area is 153 Å². The largest absolute Gasteiger partial charge is 0.461 e. The van der Waals surface area contributed by atoms with Crippen LogP contribution in [0.2, 0.25) is 0 Å². The van der Waals surface area contributed by atoms with Gasteiger partial charge in [0.15, 0.2) is 5.78 Å². The number of carbonyl (C=O) groups is 1. The Hall–Kier alpha value is -2.60. The predicted octanol–water partition coefficient (Wildman–Crippen LogP) is 4.67. The monoisotopic (exact) mass is 371 g/mol. The van der Waals surface area contributed by atoms with Crippen LogP contribution in [-0.4, -0.2) is 14.2 Å². The van der Waals surface area contributed by atoms with Crippen molar-refractivity contribution in [1.82, 2.24) is 0 Å². The second-order valence-electron chi connectivity index (χ2n) is 6.63. The summed E-state index contributed by atoms with van der Waals surface area (Å²) < 4.78 is 34.0. The minimum Gasteiger partial charge on any atom is -0.461 e. The predicted molar refractivity (Wildman–Crippen MR) is 102 cm³/mol. The lowest BCUT2D eigenvalue weighted by Gasteiger charge is -2.14. The molecule has 1 N–H and O–H groups in total. The molecule has 0 aliphatic carbocycles. The molecule has 0 spiro atoms. The van der Waals surface area contributed by atoms with Crippen molar-refractivity contribution in [3.8, 4) is 0 Å². The maximum Gasteiger partial charge on any atom is 0.262 e. The van der Waals surface area contributed by atoms with Crippen LogP contribution < -0.4 is 4.72 Å². The molecule has 6 heteroatoms. The molecule has 136 valence electrons. The molecule has 5 nitrogen and oxygen atoms in total. The maximum atomic E-state index is 12.9. The van der Waals surface area contributed by atoms with Crippen LogP contribution in [0.3, 0.4) is 0 Å². The fraction of sp³-hybridized carbons (Fsp3) is 0.250. The molecular formula is C20H21NO4S. The number of nitrogens with one attached hydrogen (secondary N) is 1. The molecule has 0 fully saturated rings. The number of hydrogen-bond donors (Lipinski definition) is 1. The van der Waals surface area contributed by atoms with Gasteiger partial charge in [0.25, 0.3) is 10.0 Å². The van der Waals surface area contributed by atoms with Crippen LogP contribution in [-0.2, 0) is 10.0 Å². The number of sulfonamides is 1. The molecule has 0 bridgehead atoms. The smallest absolute Gasteiger partial charge is 0.262 e. The topological polar surface area (TPSA) is 76.4 Å². The van der Waals surface area contributed by atoms with Gasteiger partial charge in [0.2, 0.25) is 0 Å². The molecule has 2 aromatic carbocycles. The third kappa shape index (κ3) is 3.12. The van der Waals surface area contributed by atoms with E-state index >= 15 is 0 Å². The summed E-state index contributed by atoms with van der Waals surface area (Å²) in [6.45, 7) is 8.69. The van der Waals surface area contributed by atoms with Gasteiger partial charge in [-0.15, -0.1) is 0 Å². The summed E-state index contributed by atoms with van der Waals surface area (Å²) in [7, 11) is -3.75. The SMILES string of the molecule is CC(=O)c1c(C)oc2ccc(NS(=O)(=O)c3c(C)cc(C)cc3C)cc12. The van der Waals surface area contributed by atoms with Crippen molar-refractivity contribution in [3.05, 3.63) is 58.3 Å². The molecule has 26 heavy (non-hydrogen) atoms. The Balaban J connectivity index is 2.08. The molecule has 1 heterocycles. The molecule has 0 amide bonds. The standard InChI is InChI=1S/C20H21NO4S/c1-11-8-12(2)20(13(3)9-11)26(23,24)21-16-6-7-18-17(10-16)19(14(4)22)15(5)25-18/h6-10,21H,1-5H3. The lowest BCUT2D eigenvalue weighted by molar-refractivity contribution is 0.101. The highest BCUT2D eigenvalue weighted by Gasteiger charge is 2.21. The molecule has 3 rings (SSSR count). The van der Waals surface area contributed by atoms with Crippen LogP contribution in [0.5, 0.6) is 0 Å². The van der Waals surface area contributed by atoms with E-state index in [1.807, 2.05) is 19.1 Å². The molecular weight excluding hydrogens is 350 g/mol. The average molecular weight is 371 g/mol. The number of Topliss-reactive ketones (excluding diaryl/α,β-unsaturated/α-hetero) is 1. The van der Waals surface area contributed by atoms with E-state index in [0.29, 0.717) is 39.1 Å². The van der Waals surface area contributed by atoms with Crippen LogP contribution in [0.1, 0.15) is 39.7 Å². The van der Waals surface area contributed by atoms with Crippen LogP contribution in [0.15, 0.2) is 39.6 Å². The summed E-state index contributed by atoms with van der Waals surface area (Å²) in [5.74, 6) is 0.407. The number of fused-ring (bicyclic) bond motifs is 1. The van der Waals surface area contributed by atoms with E-state index in [2.05, 4.69) is 4.72 Å². The second-order valence-corrected chi connectivity index (χ2v) is 8.25. The van der Waals surface area contributed by atoms with Crippen LogP contribution >= 0.6 is 0 Å². The molecule has 0 radical (unpaired) electrons. The van der Waals surface area contributed by atoms with Crippen LogP contribution in [0.4, 0.5) is 5.69 Å². The van der Waals surface area contributed by atoms with E-state index in [1.165, 1.54) is 6.92 Å².